The van der Waals surface area contributed by atoms with Crippen molar-refractivity contribution in [2.75, 3.05) is 7.11 Å². The molecule has 2 aliphatic rings. The van der Waals surface area contributed by atoms with Gasteiger partial charge in [-0.15, -0.1) is 0 Å². The fourth-order valence-corrected chi connectivity index (χ4v) is 4.08. The van der Waals surface area contributed by atoms with Crippen LogP contribution in [0, 0.1) is 0 Å². The number of benzene rings is 3. The number of methoxy groups -OCH3 is 1. The number of halogens is 1. The summed E-state index contributed by atoms with van der Waals surface area (Å²) in [6.07, 6.45) is 0. The minimum absolute atomic E-state index is 0.479. The van der Waals surface area contributed by atoms with E-state index < -0.39 is 17.5 Å². The summed E-state index contributed by atoms with van der Waals surface area (Å²) in [5, 5.41) is 4.98. The average Bonchev–Trinajstić information content (AvgIpc) is 3.28. The van der Waals surface area contributed by atoms with E-state index >= 15 is 0 Å². The molecule has 144 valence electrons. The van der Waals surface area contributed by atoms with E-state index in [1.165, 1.54) is 0 Å². The van der Waals surface area contributed by atoms with Crippen LogP contribution in [0.2, 0.25) is 5.02 Å². The first kappa shape index (κ1) is 17.8. The molecule has 29 heavy (non-hydrogen) atoms. The normalized spacial score (nSPS) is 22.1. The molecular formula is C23H16ClNO4. The number of nitrogens with zero attached hydrogens (tertiary/aromatic N) is 1. The van der Waals surface area contributed by atoms with Crippen molar-refractivity contribution >= 4 is 23.3 Å². The molecule has 5 nitrogen and oxygen atoms in total. The molecule has 2 heterocycles. The summed E-state index contributed by atoms with van der Waals surface area (Å²) in [5.41, 5.74) is 1.62. The first-order valence-electron chi connectivity index (χ1n) is 9.11. The van der Waals surface area contributed by atoms with Crippen LogP contribution in [-0.2, 0) is 15.2 Å². The largest absolute Gasteiger partial charge is 0.497 e. The standard InChI is InChI=1S/C23H16ClNO4/c1-27-17-12-8-14(9-13-17)20-21(15-6-10-16(24)11-7-15)25-29-23(20)18-4-2-3-5-19(18)28-22(23)26/h2-13,20H,1H3/t20-,23+/m1/s1. The van der Waals surface area contributed by atoms with E-state index in [2.05, 4.69) is 5.16 Å². The van der Waals surface area contributed by atoms with Crippen molar-refractivity contribution in [2.24, 2.45) is 5.16 Å². The lowest BCUT2D eigenvalue weighted by molar-refractivity contribution is -0.157. The number of ether oxygens (including phenoxy) is 2. The predicted octanol–water partition coefficient (Wildman–Crippen LogP) is 4.68. The maximum Gasteiger partial charge on any atom is 0.364 e. The van der Waals surface area contributed by atoms with Crippen molar-refractivity contribution in [3.63, 3.8) is 0 Å². The molecule has 0 saturated carbocycles. The van der Waals surface area contributed by atoms with Gasteiger partial charge in [0, 0.05) is 10.6 Å². The molecule has 5 rings (SSSR count). The molecule has 0 N–H and O–H groups in total. The number of para-hydroxylation sites is 1. The Bertz CT molecular complexity index is 1120. The molecule has 3 aromatic rings. The topological polar surface area (TPSA) is 57.1 Å². The summed E-state index contributed by atoms with van der Waals surface area (Å²) >= 11 is 6.06. The van der Waals surface area contributed by atoms with E-state index in [1.54, 1.807) is 25.3 Å². The third-order valence-corrected chi connectivity index (χ3v) is 5.60. The van der Waals surface area contributed by atoms with Gasteiger partial charge in [-0.1, -0.05) is 59.2 Å². The SMILES string of the molecule is COc1ccc([C@@H]2C(c3ccc(Cl)cc3)=NO[C@]23C(=O)Oc2ccccc23)cc1. The van der Waals surface area contributed by atoms with Crippen molar-refractivity contribution in [1.82, 2.24) is 0 Å². The van der Waals surface area contributed by atoms with Crippen LogP contribution in [-0.4, -0.2) is 18.8 Å². The van der Waals surface area contributed by atoms with Crippen LogP contribution in [0.25, 0.3) is 0 Å². The van der Waals surface area contributed by atoms with Crippen LogP contribution in [0.4, 0.5) is 0 Å². The molecule has 6 heteroatoms. The molecule has 1 spiro atoms. The van der Waals surface area contributed by atoms with Gasteiger partial charge in [0.05, 0.1) is 24.3 Å². The lowest BCUT2D eigenvalue weighted by Gasteiger charge is -2.26. The van der Waals surface area contributed by atoms with Gasteiger partial charge in [0.1, 0.15) is 11.5 Å². The second-order valence-electron chi connectivity index (χ2n) is 6.90. The summed E-state index contributed by atoms with van der Waals surface area (Å²) in [4.78, 5) is 19.0. The highest BCUT2D eigenvalue weighted by molar-refractivity contribution is 6.30. The van der Waals surface area contributed by atoms with Crippen molar-refractivity contribution in [1.29, 1.82) is 0 Å². The van der Waals surface area contributed by atoms with E-state index in [9.17, 15) is 4.79 Å². The van der Waals surface area contributed by atoms with E-state index in [0.29, 0.717) is 22.0 Å². The Labute approximate surface area is 172 Å². The molecule has 2 atom stereocenters. The van der Waals surface area contributed by atoms with E-state index in [0.717, 1.165) is 16.9 Å². The summed E-state index contributed by atoms with van der Waals surface area (Å²) in [6.45, 7) is 0. The number of rotatable bonds is 3. The van der Waals surface area contributed by atoms with Crippen LogP contribution in [0.1, 0.15) is 22.6 Å². The molecule has 2 aliphatic heterocycles. The van der Waals surface area contributed by atoms with Gasteiger partial charge in [-0.25, -0.2) is 4.79 Å². The number of esters is 1. The lowest BCUT2D eigenvalue weighted by atomic mass is 9.74. The Balaban J connectivity index is 1.70. The maximum atomic E-state index is 13.1. The van der Waals surface area contributed by atoms with Gasteiger partial charge in [-0.3, -0.25) is 0 Å². The molecular weight excluding hydrogens is 390 g/mol. The highest BCUT2D eigenvalue weighted by Crippen LogP contribution is 2.53. The quantitative estimate of drug-likeness (QED) is 0.469. The van der Waals surface area contributed by atoms with Gasteiger partial charge in [-0.05, 0) is 35.9 Å². The molecule has 0 aliphatic carbocycles. The first-order chi connectivity index (χ1) is 14.1. The lowest BCUT2D eigenvalue weighted by Crippen LogP contribution is -2.41. The molecule has 0 fully saturated rings. The Morgan fingerprint density at radius 2 is 1.72 bits per heavy atom. The fourth-order valence-electron chi connectivity index (χ4n) is 3.96. The zero-order chi connectivity index (χ0) is 20.0. The Morgan fingerprint density at radius 3 is 2.45 bits per heavy atom. The molecule has 0 saturated heterocycles. The number of carbonyl (C=O) groups is 1. The summed E-state index contributed by atoms with van der Waals surface area (Å²) < 4.78 is 10.8. The number of fused-ring (bicyclic) bond motifs is 2. The molecule has 0 bridgehead atoms. The number of carbonyl (C=O) groups excluding carboxylic acids is 1. The summed E-state index contributed by atoms with van der Waals surface area (Å²) in [6, 6.07) is 22.1. The van der Waals surface area contributed by atoms with Gasteiger partial charge >= 0.3 is 5.97 Å². The second kappa shape index (κ2) is 6.64. The number of hydrogen-bond acceptors (Lipinski definition) is 5. The number of oxime groups is 1. The smallest absolute Gasteiger partial charge is 0.364 e. The van der Waals surface area contributed by atoms with Crippen LogP contribution in [0.3, 0.4) is 0 Å². The van der Waals surface area contributed by atoms with Crippen LogP contribution in [0.5, 0.6) is 11.5 Å². The zero-order valence-corrected chi connectivity index (χ0v) is 16.2. The minimum atomic E-state index is -1.37. The molecule has 3 aromatic carbocycles. The summed E-state index contributed by atoms with van der Waals surface area (Å²) in [7, 11) is 1.61. The second-order valence-corrected chi connectivity index (χ2v) is 7.34. The monoisotopic (exact) mass is 405 g/mol. The van der Waals surface area contributed by atoms with E-state index in [1.807, 2.05) is 54.6 Å². The van der Waals surface area contributed by atoms with Gasteiger partial charge in [0.2, 0.25) is 0 Å². The molecule has 0 unspecified atom stereocenters. The van der Waals surface area contributed by atoms with Gasteiger partial charge in [0.25, 0.3) is 5.60 Å². The Hall–Kier alpha value is -3.31. The zero-order valence-electron chi connectivity index (χ0n) is 15.5. The van der Waals surface area contributed by atoms with Crippen molar-refractivity contribution < 1.29 is 19.1 Å². The molecule has 0 amide bonds. The fraction of sp³-hybridized carbons (Fsp3) is 0.130. The van der Waals surface area contributed by atoms with Crippen LogP contribution < -0.4 is 9.47 Å². The third kappa shape index (κ3) is 2.62. The van der Waals surface area contributed by atoms with E-state index in [-0.39, 0.29) is 0 Å². The van der Waals surface area contributed by atoms with Crippen LogP contribution in [0.15, 0.2) is 78.0 Å². The van der Waals surface area contributed by atoms with Crippen molar-refractivity contribution in [3.05, 3.63) is 94.5 Å². The summed E-state index contributed by atoms with van der Waals surface area (Å²) in [5.74, 6) is 0.239. The Kier molecular flexibility index (Phi) is 4.07. The van der Waals surface area contributed by atoms with Gasteiger partial charge < -0.3 is 14.3 Å². The average molecular weight is 406 g/mol. The first-order valence-corrected chi connectivity index (χ1v) is 9.49. The van der Waals surface area contributed by atoms with E-state index in [4.69, 9.17) is 25.9 Å². The number of hydrogen-bond donors (Lipinski definition) is 0. The predicted molar refractivity (Wildman–Crippen MR) is 109 cm³/mol. The van der Waals surface area contributed by atoms with Crippen molar-refractivity contribution in [3.8, 4) is 11.5 Å². The maximum absolute atomic E-state index is 13.1. The molecule has 0 radical (unpaired) electrons. The van der Waals surface area contributed by atoms with Crippen LogP contribution >= 0.6 is 11.6 Å². The van der Waals surface area contributed by atoms with Gasteiger partial charge in [-0.2, -0.15) is 0 Å². The minimum Gasteiger partial charge on any atom is -0.497 e. The third-order valence-electron chi connectivity index (χ3n) is 5.35. The molecule has 0 aromatic heterocycles. The highest BCUT2D eigenvalue weighted by atomic mass is 35.5. The Morgan fingerprint density at radius 1 is 1.00 bits per heavy atom. The highest BCUT2D eigenvalue weighted by Gasteiger charge is 2.63. The van der Waals surface area contributed by atoms with Crippen molar-refractivity contribution in [2.45, 2.75) is 11.5 Å². The van der Waals surface area contributed by atoms with Gasteiger partial charge in [0.15, 0.2) is 0 Å².